The molecule has 0 aromatic heterocycles. The second kappa shape index (κ2) is 6.96. The Morgan fingerprint density at radius 1 is 0.906 bits per heavy atom. The summed E-state index contributed by atoms with van der Waals surface area (Å²) in [5.74, 6) is 3.33. The van der Waals surface area contributed by atoms with E-state index in [4.69, 9.17) is 4.74 Å². The molecule has 0 N–H and O–H groups in total. The van der Waals surface area contributed by atoms with E-state index in [1.807, 2.05) is 0 Å². The second-order valence-electron chi connectivity index (χ2n) is 14.4. The molecular weight excluding hydrogens is 392 g/mol. The monoisotopic (exact) mass is 440 g/mol. The molecule has 8 atom stereocenters. The Morgan fingerprint density at radius 2 is 1.56 bits per heavy atom. The average molecular weight is 441 g/mol. The molecule has 2 nitrogen and oxygen atoms in total. The van der Waals surface area contributed by atoms with Gasteiger partial charge in [-0.2, -0.15) is 0 Å². The van der Waals surface area contributed by atoms with Crippen LogP contribution in [0.15, 0.2) is 12.2 Å². The SMILES string of the molecule is C=C(CCC1OC1(C)C)[C@H]1CC[C@@]2(C)C1CC[C@@H]1[C@@]3(C)CCC(=O)C(C)(C)C3CC[C@]12C. The number of hydrogen-bond acceptors (Lipinski definition) is 2. The lowest BCUT2D eigenvalue weighted by Gasteiger charge is -2.69. The Labute approximate surface area is 197 Å². The zero-order valence-corrected chi connectivity index (χ0v) is 22.0. The van der Waals surface area contributed by atoms with E-state index < -0.39 is 0 Å². The van der Waals surface area contributed by atoms with Crippen molar-refractivity contribution in [1.29, 1.82) is 0 Å². The molecule has 0 radical (unpaired) electrons. The fraction of sp³-hybridized carbons (Fsp3) is 0.900. The summed E-state index contributed by atoms with van der Waals surface area (Å²) in [6.07, 6.45) is 12.6. The van der Waals surface area contributed by atoms with Crippen LogP contribution in [-0.4, -0.2) is 17.5 Å². The summed E-state index contributed by atoms with van der Waals surface area (Å²) in [4.78, 5) is 12.9. The zero-order chi connectivity index (χ0) is 23.3. The topological polar surface area (TPSA) is 29.6 Å². The van der Waals surface area contributed by atoms with Gasteiger partial charge < -0.3 is 4.74 Å². The van der Waals surface area contributed by atoms with Gasteiger partial charge in [0, 0.05) is 11.8 Å². The molecule has 1 heterocycles. The first-order valence-electron chi connectivity index (χ1n) is 13.7. The maximum atomic E-state index is 12.9. The number of allylic oxidation sites excluding steroid dienone is 1. The molecule has 5 fully saturated rings. The van der Waals surface area contributed by atoms with Gasteiger partial charge in [0.1, 0.15) is 5.78 Å². The van der Waals surface area contributed by atoms with Crippen LogP contribution in [0, 0.1) is 45.3 Å². The first kappa shape index (κ1) is 23.1. The van der Waals surface area contributed by atoms with Crippen molar-refractivity contribution in [2.24, 2.45) is 45.3 Å². The van der Waals surface area contributed by atoms with Gasteiger partial charge in [0.05, 0.1) is 11.7 Å². The number of carbonyl (C=O) groups is 1. The first-order valence-corrected chi connectivity index (χ1v) is 13.7. The lowest BCUT2D eigenvalue weighted by molar-refractivity contribution is -0.201. The molecule has 2 heteroatoms. The molecule has 32 heavy (non-hydrogen) atoms. The molecule has 4 saturated carbocycles. The Hall–Kier alpha value is -0.630. The lowest BCUT2D eigenvalue weighted by Crippen LogP contribution is -2.63. The van der Waals surface area contributed by atoms with E-state index in [2.05, 4.69) is 55.0 Å². The maximum absolute atomic E-state index is 12.9. The Bertz CT molecular complexity index is 823. The molecule has 180 valence electrons. The van der Waals surface area contributed by atoms with Crippen molar-refractivity contribution < 1.29 is 9.53 Å². The summed E-state index contributed by atoms with van der Waals surface area (Å²) in [5, 5.41) is 0. The van der Waals surface area contributed by atoms with E-state index in [1.54, 1.807) is 0 Å². The fourth-order valence-electron chi connectivity index (χ4n) is 10.3. The molecule has 0 spiro atoms. The summed E-state index contributed by atoms with van der Waals surface area (Å²) in [6.45, 7) is 21.5. The van der Waals surface area contributed by atoms with Crippen molar-refractivity contribution in [1.82, 2.24) is 0 Å². The van der Waals surface area contributed by atoms with Gasteiger partial charge in [-0.3, -0.25) is 4.79 Å². The van der Waals surface area contributed by atoms with Gasteiger partial charge in [-0.15, -0.1) is 0 Å². The van der Waals surface area contributed by atoms with Crippen LogP contribution >= 0.6 is 0 Å². The lowest BCUT2D eigenvalue weighted by atomic mass is 9.35. The summed E-state index contributed by atoms with van der Waals surface area (Å²) < 4.78 is 5.85. The summed E-state index contributed by atoms with van der Waals surface area (Å²) >= 11 is 0. The van der Waals surface area contributed by atoms with E-state index in [0.717, 1.165) is 37.5 Å². The van der Waals surface area contributed by atoms with Crippen LogP contribution in [-0.2, 0) is 9.53 Å². The van der Waals surface area contributed by atoms with Crippen molar-refractivity contribution in [3.63, 3.8) is 0 Å². The highest BCUT2D eigenvalue weighted by Crippen LogP contribution is 2.75. The highest BCUT2D eigenvalue weighted by atomic mass is 16.6. The second-order valence-corrected chi connectivity index (χ2v) is 14.4. The number of ketones is 1. The highest BCUT2D eigenvalue weighted by molar-refractivity contribution is 5.85. The fourth-order valence-corrected chi connectivity index (χ4v) is 10.3. The number of ether oxygens (including phenoxy) is 1. The molecule has 1 aliphatic heterocycles. The molecule has 1 saturated heterocycles. The Balaban J connectivity index is 1.37. The van der Waals surface area contributed by atoms with Crippen molar-refractivity contribution >= 4 is 5.78 Å². The zero-order valence-electron chi connectivity index (χ0n) is 22.0. The normalized spacial score (nSPS) is 50.8. The first-order chi connectivity index (χ1) is 14.8. The molecule has 0 aromatic rings. The van der Waals surface area contributed by atoms with E-state index >= 15 is 0 Å². The maximum Gasteiger partial charge on any atom is 0.138 e. The van der Waals surface area contributed by atoms with Gasteiger partial charge in [-0.1, -0.05) is 46.8 Å². The minimum absolute atomic E-state index is 0.0965. The molecule has 0 aromatic carbocycles. The van der Waals surface area contributed by atoms with Crippen molar-refractivity contribution in [3.05, 3.63) is 12.2 Å². The van der Waals surface area contributed by atoms with E-state index in [1.165, 1.54) is 44.1 Å². The third kappa shape index (κ3) is 2.96. The molecule has 0 amide bonds. The summed E-state index contributed by atoms with van der Waals surface area (Å²) in [5.41, 5.74) is 2.60. The van der Waals surface area contributed by atoms with Gasteiger partial charge in [-0.25, -0.2) is 0 Å². The van der Waals surface area contributed by atoms with Crippen molar-refractivity contribution in [2.75, 3.05) is 0 Å². The molecule has 0 bridgehead atoms. The predicted molar refractivity (Wildman–Crippen MR) is 131 cm³/mol. The van der Waals surface area contributed by atoms with E-state index in [9.17, 15) is 4.79 Å². The molecule has 5 aliphatic rings. The molecule has 5 rings (SSSR count). The van der Waals surface area contributed by atoms with Crippen LogP contribution in [0.2, 0.25) is 0 Å². The van der Waals surface area contributed by atoms with Crippen LogP contribution in [0.5, 0.6) is 0 Å². The minimum atomic E-state index is -0.142. The van der Waals surface area contributed by atoms with Crippen LogP contribution in [0.4, 0.5) is 0 Å². The average Bonchev–Trinajstić information content (AvgIpc) is 3.15. The number of Topliss-reactive ketones (excluding diaryl/α,β-unsaturated/α-hetero) is 1. The Kier molecular flexibility index (Phi) is 5.03. The van der Waals surface area contributed by atoms with E-state index in [0.29, 0.717) is 40.0 Å². The number of fused-ring (bicyclic) bond motifs is 5. The quantitative estimate of drug-likeness (QED) is 0.330. The molecule has 4 aliphatic carbocycles. The molecule has 3 unspecified atom stereocenters. The molecular formula is C30H48O2. The van der Waals surface area contributed by atoms with Gasteiger partial charge in [0.25, 0.3) is 0 Å². The van der Waals surface area contributed by atoms with Gasteiger partial charge >= 0.3 is 0 Å². The third-order valence-corrected chi connectivity index (χ3v) is 12.6. The standard InChI is InChI=1S/C30H48O2/c1-19(9-12-25-27(4,5)32-25)20-13-17-29(7)21(20)10-11-23-28(6)16-15-24(31)26(2,3)22(28)14-18-30(23,29)8/h20-23,25H,1,9-18H2,2-8H3/t20-,21?,22?,23-,25?,28+,29+,30-/m1/s1. The van der Waals surface area contributed by atoms with Crippen LogP contribution in [0.1, 0.15) is 113 Å². The van der Waals surface area contributed by atoms with Crippen LogP contribution in [0.3, 0.4) is 0 Å². The number of epoxide rings is 1. The van der Waals surface area contributed by atoms with Gasteiger partial charge in [-0.05, 0) is 112 Å². The highest BCUT2D eigenvalue weighted by Gasteiger charge is 2.68. The van der Waals surface area contributed by atoms with Gasteiger partial charge in [0.15, 0.2) is 0 Å². The summed E-state index contributed by atoms with van der Waals surface area (Å²) in [6, 6.07) is 0. The van der Waals surface area contributed by atoms with E-state index in [-0.39, 0.29) is 11.0 Å². The Morgan fingerprint density at radius 3 is 2.22 bits per heavy atom. The van der Waals surface area contributed by atoms with Crippen LogP contribution in [0.25, 0.3) is 0 Å². The smallest absolute Gasteiger partial charge is 0.138 e. The van der Waals surface area contributed by atoms with Crippen molar-refractivity contribution in [2.45, 2.75) is 124 Å². The minimum Gasteiger partial charge on any atom is -0.367 e. The summed E-state index contributed by atoms with van der Waals surface area (Å²) in [7, 11) is 0. The van der Waals surface area contributed by atoms with Gasteiger partial charge in [0.2, 0.25) is 0 Å². The van der Waals surface area contributed by atoms with Crippen LogP contribution < -0.4 is 0 Å². The third-order valence-electron chi connectivity index (χ3n) is 12.6. The largest absolute Gasteiger partial charge is 0.367 e. The van der Waals surface area contributed by atoms with Crippen molar-refractivity contribution in [3.8, 4) is 0 Å². The predicted octanol–water partition coefficient (Wildman–Crippen LogP) is 7.75. The number of hydrogen-bond donors (Lipinski definition) is 0. The number of carbonyl (C=O) groups excluding carboxylic acids is 1. The number of rotatable bonds is 4.